The predicted molar refractivity (Wildman–Crippen MR) is 90.3 cm³/mol. The van der Waals surface area contributed by atoms with Crippen LogP contribution in [0.3, 0.4) is 0 Å². The highest BCUT2D eigenvalue weighted by molar-refractivity contribution is 6.11. The number of nitro benzene ring substituents is 1. The van der Waals surface area contributed by atoms with E-state index in [0.29, 0.717) is 4.90 Å². The Balaban J connectivity index is 2.40. The Morgan fingerprint density at radius 1 is 1.26 bits per heavy atom. The van der Waals surface area contributed by atoms with E-state index >= 15 is 0 Å². The van der Waals surface area contributed by atoms with Crippen LogP contribution in [0.15, 0.2) is 24.3 Å². The van der Waals surface area contributed by atoms with Gasteiger partial charge in [-0.25, -0.2) is 5.01 Å². The second kappa shape index (κ2) is 7.11. The first-order chi connectivity index (χ1) is 12.5. The standard InChI is InChI=1S/C16H18N4O7/c1-16(8-12(21)18(15(16)25)9-13(22)23)19(17(2)3)14(24)10-4-6-11(7-5-10)20(26)27/h4-7H,8-9H2,1-3H3,(H,22,23). The molecule has 1 saturated heterocycles. The van der Waals surface area contributed by atoms with Crippen molar-refractivity contribution in [1.82, 2.24) is 14.9 Å². The second-order valence-corrected chi connectivity index (χ2v) is 6.40. The van der Waals surface area contributed by atoms with Crippen LogP contribution < -0.4 is 0 Å². The highest BCUT2D eigenvalue weighted by Crippen LogP contribution is 2.32. The minimum absolute atomic E-state index is 0.0764. The van der Waals surface area contributed by atoms with Crippen molar-refractivity contribution in [3.63, 3.8) is 0 Å². The summed E-state index contributed by atoms with van der Waals surface area (Å²) in [5, 5.41) is 22.0. The average Bonchev–Trinajstić information content (AvgIpc) is 2.78. The summed E-state index contributed by atoms with van der Waals surface area (Å²) in [6.45, 7) is 0.582. The number of likely N-dealkylation sites (tertiary alicyclic amines) is 1. The summed E-state index contributed by atoms with van der Waals surface area (Å²) in [7, 11) is 2.98. The number of hydrazine groups is 1. The van der Waals surface area contributed by atoms with Gasteiger partial charge >= 0.3 is 5.97 Å². The third-order valence-corrected chi connectivity index (χ3v) is 4.18. The number of carbonyl (C=O) groups is 4. The lowest BCUT2D eigenvalue weighted by Crippen LogP contribution is -2.60. The number of carboxylic acids is 1. The normalized spacial score (nSPS) is 19.5. The molecule has 0 saturated carbocycles. The number of carbonyl (C=O) groups excluding carboxylic acids is 3. The van der Waals surface area contributed by atoms with Gasteiger partial charge in [-0.1, -0.05) is 0 Å². The van der Waals surface area contributed by atoms with Gasteiger partial charge in [-0.15, -0.1) is 0 Å². The van der Waals surface area contributed by atoms with Crippen molar-refractivity contribution in [2.24, 2.45) is 0 Å². The first kappa shape index (κ1) is 20.0. The van der Waals surface area contributed by atoms with E-state index in [0.717, 1.165) is 17.1 Å². The molecule has 0 radical (unpaired) electrons. The number of carboxylic acid groups (broad SMARTS) is 1. The summed E-state index contributed by atoms with van der Waals surface area (Å²) in [6, 6.07) is 4.80. The monoisotopic (exact) mass is 378 g/mol. The quantitative estimate of drug-likeness (QED) is 0.418. The Labute approximate surface area is 153 Å². The summed E-state index contributed by atoms with van der Waals surface area (Å²) in [5.74, 6) is -3.51. The van der Waals surface area contributed by atoms with Crippen molar-refractivity contribution in [3.8, 4) is 0 Å². The highest BCUT2D eigenvalue weighted by atomic mass is 16.6. The molecule has 11 heteroatoms. The van der Waals surface area contributed by atoms with Crippen LogP contribution in [-0.2, 0) is 14.4 Å². The van der Waals surface area contributed by atoms with Crippen LogP contribution in [0.25, 0.3) is 0 Å². The molecule has 11 nitrogen and oxygen atoms in total. The van der Waals surface area contributed by atoms with Crippen LogP contribution in [0.4, 0.5) is 5.69 Å². The Morgan fingerprint density at radius 2 is 1.81 bits per heavy atom. The fraction of sp³-hybridized carbons (Fsp3) is 0.375. The first-order valence-electron chi connectivity index (χ1n) is 7.82. The highest BCUT2D eigenvalue weighted by Gasteiger charge is 2.55. The van der Waals surface area contributed by atoms with Gasteiger partial charge < -0.3 is 5.11 Å². The maximum Gasteiger partial charge on any atom is 0.323 e. The van der Waals surface area contributed by atoms with Crippen molar-refractivity contribution in [2.45, 2.75) is 18.9 Å². The molecular weight excluding hydrogens is 360 g/mol. The number of aliphatic carboxylic acids is 1. The van der Waals surface area contributed by atoms with Gasteiger partial charge in [0.25, 0.3) is 17.5 Å². The van der Waals surface area contributed by atoms with Gasteiger partial charge in [0.15, 0.2) is 0 Å². The summed E-state index contributed by atoms with van der Waals surface area (Å²) in [4.78, 5) is 59.5. The summed E-state index contributed by atoms with van der Waals surface area (Å²) < 4.78 is 0. The van der Waals surface area contributed by atoms with Crippen LogP contribution in [0, 0.1) is 10.1 Å². The van der Waals surface area contributed by atoms with E-state index in [1.807, 2.05) is 0 Å². The van der Waals surface area contributed by atoms with Gasteiger partial charge in [0, 0.05) is 31.8 Å². The molecule has 1 fully saturated rings. The number of imide groups is 1. The zero-order valence-corrected chi connectivity index (χ0v) is 14.9. The van der Waals surface area contributed by atoms with Gasteiger partial charge in [0.1, 0.15) is 12.1 Å². The SMILES string of the molecule is CN(C)N(C(=O)c1ccc([N+](=O)[O-])cc1)C1(C)CC(=O)N(CC(=O)O)C1=O. The van der Waals surface area contributed by atoms with Crippen LogP contribution >= 0.6 is 0 Å². The molecule has 1 aliphatic heterocycles. The summed E-state index contributed by atoms with van der Waals surface area (Å²) in [5.41, 5.74) is -1.74. The number of nitrogens with zero attached hydrogens (tertiary/aromatic N) is 4. The van der Waals surface area contributed by atoms with E-state index < -0.39 is 40.7 Å². The Bertz CT molecular complexity index is 821. The Kier molecular flexibility index (Phi) is 5.26. The van der Waals surface area contributed by atoms with Crippen molar-refractivity contribution in [3.05, 3.63) is 39.9 Å². The molecule has 27 heavy (non-hydrogen) atoms. The maximum absolute atomic E-state index is 13.0. The molecule has 144 valence electrons. The van der Waals surface area contributed by atoms with E-state index in [9.17, 15) is 29.3 Å². The first-order valence-corrected chi connectivity index (χ1v) is 7.82. The lowest BCUT2D eigenvalue weighted by atomic mass is 9.98. The van der Waals surface area contributed by atoms with E-state index in [4.69, 9.17) is 5.11 Å². The molecule has 1 unspecified atom stereocenters. The molecule has 0 aromatic heterocycles. The van der Waals surface area contributed by atoms with Crippen LogP contribution in [-0.4, -0.2) is 74.8 Å². The molecule has 2 rings (SSSR count). The van der Waals surface area contributed by atoms with Gasteiger partial charge in [0.2, 0.25) is 5.91 Å². The lowest BCUT2D eigenvalue weighted by Gasteiger charge is -2.40. The van der Waals surface area contributed by atoms with Crippen molar-refractivity contribution >= 4 is 29.4 Å². The number of nitro groups is 1. The van der Waals surface area contributed by atoms with E-state index in [1.165, 1.54) is 38.2 Å². The molecule has 1 atom stereocenters. The number of rotatable bonds is 6. The second-order valence-electron chi connectivity index (χ2n) is 6.40. The number of hydrogen-bond acceptors (Lipinski definition) is 7. The zero-order valence-electron chi connectivity index (χ0n) is 14.9. The van der Waals surface area contributed by atoms with E-state index in [1.54, 1.807) is 0 Å². The largest absolute Gasteiger partial charge is 0.480 e. The molecule has 1 aromatic carbocycles. The molecule has 1 heterocycles. The third-order valence-electron chi connectivity index (χ3n) is 4.18. The van der Waals surface area contributed by atoms with Gasteiger partial charge in [-0.3, -0.25) is 39.2 Å². The molecule has 1 aromatic rings. The molecule has 3 amide bonds. The van der Waals surface area contributed by atoms with Gasteiger partial charge in [-0.2, -0.15) is 0 Å². The Hall–Kier alpha value is -3.34. The van der Waals surface area contributed by atoms with Crippen LogP contribution in [0.2, 0.25) is 0 Å². The number of amides is 3. The zero-order chi connectivity index (χ0) is 20.5. The molecular formula is C16H18N4O7. The topological polar surface area (TPSA) is 141 Å². The van der Waals surface area contributed by atoms with E-state index in [2.05, 4.69) is 0 Å². The molecule has 1 aliphatic rings. The number of non-ortho nitro benzene ring substituents is 1. The van der Waals surface area contributed by atoms with Crippen molar-refractivity contribution in [2.75, 3.05) is 20.6 Å². The molecule has 1 N–H and O–H groups in total. The third kappa shape index (κ3) is 3.62. The fourth-order valence-electron chi connectivity index (χ4n) is 3.03. The lowest BCUT2D eigenvalue weighted by molar-refractivity contribution is -0.384. The summed E-state index contributed by atoms with van der Waals surface area (Å²) >= 11 is 0. The minimum Gasteiger partial charge on any atom is -0.480 e. The minimum atomic E-state index is -1.62. The summed E-state index contributed by atoms with van der Waals surface area (Å²) in [6.07, 6.45) is -0.379. The van der Waals surface area contributed by atoms with Crippen molar-refractivity contribution < 1.29 is 29.2 Å². The van der Waals surface area contributed by atoms with Crippen LogP contribution in [0.1, 0.15) is 23.7 Å². The van der Waals surface area contributed by atoms with E-state index in [-0.39, 0.29) is 17.7 Å². The average molecular weight is 378 g/mol. The molecule has 0 aliphatic carbocycles. The fourth-order valence-corrected chi connectivity index (χ4v) is 3.03. The number of benzene rings is 1. The Morgan fingerprint density at radius 3 is 2.26 bits per heavy atom. The van der Waals surface area contributed by atoms with Crippen LogP contribution in [0.5, 0.6) is 0 Å². The van der Waals surface area contributed by atoms with Gasteiger partial charge in [0.05, 0.1) is 11.3 Å². The molecule has 0 bridgehead atoms. The maximum atomic E-state index is 13.0. The molecule has 0 spiro atoms. The van der Waals surface area contributed by atoms with Crippen molar-refractivity contribution in [1.29, 1.82) is 0 Å². The number of hydrogen-bond donors (Lipinski definition) is 1. The smallest absolute Gasteiger partial charge is 0.323 e. The predicted octanol–water partition coefficient (Wildman–Crippen LogP) is 0.116. The van der Waals surface area contributed by atoms with Gasteiger partial charge in [-0.05, 0) is 19.1 Å².